The van der Waals surface area contributed by atoms with Crippen LogP contribution in [0.1, 0.15) is 12.8 Å². The second kappa shape index (κ2) is 5.13. The van der Waals surface area contributed by atoms with Crippen LogP contribution in [0.25, 0.3) is 0 Å². The van der Waals surface area contributed by atoms with Gasteiger partial charge in [-0.25, -0.2) is 13.1 Å². The molecule has 0 radical (unpaired) electrons. The Morgan fingerprint density at radius 1 is 1.11 bits per heavy atom. The van der Waals surface area contributed by atoms with Gasteiger partial charge in [0.2, 0.25) is 10.0 Å². The van der Waals surface area contributed by atoms with Crippen LogP contribution in [0.5, 0.6) is 0 Å². The lowest BCUT2D eigenvalue weighted by Gasteiger charge is -2.23. The van der Waals surface area contributed by atoms with Crippen LogP contribution in [0.15, 0.2) is 23.1 Å². The van der Waals surface area contributed by atoms with E-state index in [-0.39, 0.29) is 10.9 Å². The molecule has 1 heterocycles. The van der Waals surface area contributed by atoms with Gasteiger partial charge in [-0.3, -0.25) is 0 Å². The summed E-state index contributed by atoms with van der Waals surface area (Å²) in [4.78, 5) is 0.103. The molecule has 1 aromatic rings. The van der Waals surface area contributed by atoms with Crippen molar-refractivity contribution in [1.29, 1.82) is 0 Å². The first-order valence-electron chi connectivity index (χ1n) is 5.73. The Labute approximate surface area is 106 Å². The van der Waals surface area contributed by atoms with E-state index in [0.717, 1.165) is 0 Å². The van der Waals surface area contributed by atoms with E-state index in [1.165, 1.54) is 18.2 Å². The quantitative estimate of drug-likeness (QED) is 0.686. The van der Waals surface area contributed by atoms with Crippen LogP contribution in [0.4, 0.5) is 11.4 Å². The molecule has 1 saturated heterocycles. The average molecular weight is 271 g/mol. The van der Waals surface area contributed by atoms with Crippen LogP contribution in [0, 0.1) is 0 Å². The normalized spacial score (nSPS) is 17.8. The van der Waals surface area contributed by atoms with Crippen molar-refractivity contribution in [2.75, 3.05) is 24.7 Å². The second-order valence-electron chi connectivity index (χ2n) is 4.34. The molecule has 6 nitrogen and oxygen atoms in total. The van der Waals surface area contributed by atoms with Gasteiger partial charge >= 0.3 is 0 Å². The third-order valence-corrected chi connectivity index (χ3v) is 4.30. The molecule has 0 spiro atoms. The number of benzene rings is 1. The highest BCUT2D eigenvalue weighted by atomic mass is 32.2. The van der Waals surface area contributed by atoms with Crippen LogP contribution < -0.4 is 16.2 Å². The van der Waals surface area contributed by atoms with Gasteiger partial charge in [-0.1, -0.05) is 0 Å². The molecule has 0 atom stereocenters. The molecule has 7 heteroatoms. The molecule has 1 aliphatic rings. The lowest BCUT2D eigenvalue weighted by Crippen LogP contribution is -2.38. The van der Waals surface area contributed by atoms with E-state index in [2.05, 4.69) is 4.72 Å². The molecule has 5 N–H and O–H groups in total. The van der Waals surface area contributed by atoms with Gasteiger partial charge in [-0.05, 0) is 31.0 Å². The number of hydrogen-bond acceptors (Lipinski definition) is 5. The van der Waals surface area contributed by atoms with E-state index in [1.807, 2.05) is 0 Å². The molecule has 0 aliphatic carbocycles. The Bertz CT molecular complexity index is 504. The molecule has 0 unspecified atom stereocenters. The van der Waals surface area contributed by atoms with Crippen molar-refractivity contribution in [3.05, 3.63) is 18.2 Å². The number of nitrogens with two attached hydrogens (primary N) is 2. The van der Waals surface area contributed by atoms with Gasteiger partial charge in [0.25, 0.3) is 0 Å². The molecule has 0 amide bonds. The highest BCUT2D eigenvalue weighted by molar-refractivity contribution is 7.89. The van der Waals surface area contributed by atoms with Crippen LogP contribution in [0.3, 0.4) is 0 Å². The zero-order valence-electron chi connectivity index (χ0n) is 9.93. The minimum Gasteiger partial charge on any atom is -0.399 e. The predicted molar refractivity (Wildman–Crippen MR) is 69.4 cm³/mol. The molecule has 0 saturated carbocycles. The molecule has 1 fully saturated rings. The van der Waals surface area contributed by atoms with Gasteiger partial charge in [-0.15, -0.1) is 0 Å². The maximum Gasteiger partial charge on any atom is 0.240 e. The summed E-state index contributed by atoms with van der Waals surface area (Å²) < 4.78 is 32.1. The standard InChI is InChI=1S/C11H17N3O3S/c12-8-5-9(13)7-11(6-8)18(15,16)14-10-1-3-17-4-2-10/h5-7,10,14H,1-4,12-13H2. The fraction of sp³-hybridized carbons (Fsp3) is 0.455. The monoisotopic (exact) mass is 271 g/mol. The maximum absolute atomic E-state index is 12.1. The minimum atomic E-state index is -3.57. The lowest BCUT2D eigenvalue weighted by atomic mass is 10.1. The number of ether oxygens (including phenoxy) is 1. The highest BCUT2D eigenvalue weighted by Gasteiger charge is 2.22. The summed E-state index contributed by atoms with van der Waals surface area (Å²) >= 11 is 0. The number of nitrogen functional groups attached to an aromatic ring is 2. The summed E-state index contributed by atoms with van der Waals surface area (Å²) in [6.07, 6.45) is 1.36. The van der Waals surface area contributed by atoms with Gasteiger partial charge < -0.3 is 16.2 Å². The SMILES string of the molecule is Nc1cc(N)cc(S(=O)(=O)NC2CCOCC2)c1. The summed E-state index contributed by atoms with van der Waals surface area (Å²) in [5.74, 6) is 0. The summed E-state index contributed by atoms with van der Waals surface area (Å²) in [6, 6.07) is 4.23. The van der Waals surface area contributed by atoms with Crippen LogP contribution in [0.2, 0.25) is 0 Å². The molecule has 18 heavy (non-hydrogen) atoms. The molecule has 0 aromatic heterocycles. The molecule has 0 bridgehead atoms. The van der Waals surface area contributed by atoms with Crippen molar-refractivity contribution in [1.82, 2.24) is 4.72 Å². The van der Waals surface area contributed by atoms with Gasteiger partial charge in [0.05, 0.1) is 4.90 Å². The highest BCUT2D eigenvalue weighted by Crippen LogP contribution is 2.19. The number of anilines is 2. The van der Waals surface area contributed by atoms with Crippen molar-refractivity contribution in [2.24, 2.45) is 0 Å². The van der Waals surface area contributed by atoms with Crippen molar-refractivity contribution in [3.63, 3.8) is 0 Å². The number of hydrogen-bond donors (Lipinski definition) is 3. The molecular weight excluding hydrogens is 254 g/mol. The zero-order valence-corrected chi connectivity index (χ0v) is 10.7. The predicted octanol–water partition coefficient (Wildman–Crippen LogP) is 0.308. The first-order valence-corrected chi connectivity index (χ1v) is 7.22. The van der Waals surface area contributed by atoms with Gasteiger partial charge in [-0.2, -0.15) is 0 Å². The van der Waals surface area contributed by atoms with E-state index >= 15 is 0 Å². The topological polar surface area (TPSA) is 107 Å². The third kappa shape index (κ3) is 3.12. The van der Waals surface area contributed by atoms with Crippen LogP contribution in [-0.2, 0) is 14.8 Å². The number of sulfonamides is 1. The Hall–Kier alpha value is -1.31. The second-order valence-corrected chi connectivity index (χ2v) is 6.06. The zero-order chi connectivity index (χ0) is 13.2. The first kappa shape index (κ1) is 13.1. The Morgan fingerprint density at radius 2 is 1.67 bits per heavy atom. The van der Waals surface area contributed by atoms with Crippen molar-refractivity contribution in [2.45, 2.75) is 23.8 Å². The summed E-state index contributed by atoms with van der Waals surface area (Å²) in [7, 11) is -3.57. The maximum atomic E-state index is 12.1. The minimum absolute atomic E-state index is 0.0913. The number of rotatable bonds is 3. The van der Waals surface area contributed by atoms with Crippen molar-refractivity contribution < 1.29 is 13.2 Å². The van der Waals surface area contributed by atoms with E-state index in [9.17, 15) is 8.42 Å². The van der Waals surface area contributed by atoms with E-state index in [0.29, 0.717) is 37.4 Å². The fourth-order valence-corrected chi connectivity index (χ4v) is 3.30. The van der Waals surface area contributed by atoms with Gasteiger partial charge in [0, 0.05) is 30.6 Å². The molecule has 1 aliphatic heterocycles. The van der Waals surface area contributed by atoms with Gasteiger partial charge in [0.1, 0.15) is 0 Å². The van der Waals surface area contributed by atoms with Crippen molar-refractivity contribution >= 4 is 21.4 Å². The molecular formula is C11H17N3O3S. The Morgan fingerprint density at radius 3 is 2.22 bits per heavy atom. The first-order chi connectivity index (χ1) is 8.47. The van der Waals surface area contributed by atoms with Crippen LogP contribution >= 0.6 is 0 Å². The molecule has 2 rings (SSSR count). The number of nitrogens with one attached hydrogen (secondary N) is 1. The fourth-order valence-electron chi connectivity index (χ4n) is 1.90. The average Bonchev–Trinajstić information content (AvgIpc) is 2.28. The smallest absolute Gasteiger partial charge is 0.240 e. The van der Waals surface area contributed by atoms with Crippen molar-refractivity contribution in [3.8, 4) is 0 Å². The largest absolute Gasteiger partial charge is 0.399 e. The molecule has 100 valence electrons. The van der Waals surface area contributed by atoms with Crippen LogP contribution in [-0.4, -0.2) is 27.7 Å². The van der Waals surface area contributed by atoms with E-state index in [4.69, 9.17) is 16.2 Å². The summed E-state index contributed by atoms with van der Waals surface area (Å²) in [6.45, 7) is 1.15. The lowest BCUT2D eigenvalue weighted by molar-refractivity contribution is 0.0832. The summed E-state index contributed by atoms with van der Waals surface area (Å²) in [5, 5.41) is 0. The third-order valence-electron chi connectivity index (χ3n) is 2.80. The summed E-state index contributed by atoms with van der Waals surface area (Å²) in [5.41, 5.74) is 11.9. The molecule has 1 aromatic carbocycles. The Kier molecular flexibility index (Phi) is 3.74. The van der Waals surface area contributed by atoms with E-state index in [1.54, 1.807) is 0 Å². The van der Waals surface area contributed by atoms with Gasteiger partial charge in [0.15, 0.2) is 0 Å². The Balaban J connectivity index is 2.19. The van der Waals surface area contributed by atoms with E-state index < -0.39 is 10.0 Å².